The molecule has 4 aromatic heterocycles. The van der Waals surface area contributed by atoms with E-state index in [0.29, 0.717) is 29.8 Å². The van der Waals surface area contributed by atoms with Crippen LogP contribution in [0.25, 0.3) is 33.8 Å². The van der Waals surface area contributed by atoms with Crippen molar-refractivity contribution in [3.05, 3.63) is 104 Å². The van der Waals surface area contributed by atoms with Crippen molar-refractivity contribution < 1.29 is 19.1 Å². The lowest BCUT2D eigenvalue weighted by Crippen LogP contribution is -2.67. The number of hydrogen-bond acceptors (Lipinski definition) is 7. The van der Waals surface area contributed by atoms with Crippen molar-refractivity contribution >= 4 is 41.1 Å². The number of likely N-dealkylation sites (N-methyl/N-ethyl adjacent to an activating group) is 1. The highest BCUT2D eigenvalue weighted by atomic mass is 35.5. The van der Waals surface area contributed by atoms with E-state index >= 15 is 0 Å². The molecule has 6 aliphatic rings. The number of benzene rings is 1. The number of carbonyl (C=O) groups is 3. The topological polar surface area (TPSA) is 137 Å². The zero-order valence-corrected chi connectivity index (χ0v) is 35.3. The number of pyridine rings is 2. The summed E-state index contributed by atoms with van der Waals surface area (Å²) in [6, 6.07) is 11.8. The minimum atomic E-state index is -0.533. The summed E-state index contributed by atoms with van der Waals surface area (Å²) < 4.78 is 7.80. The van der Waals surface area contributed by atoms with Gasteiger partial charge in [-0.1, -0.05) is 35.3 Å². The number of rotatable bonds is 1. The SMILES string of the molecule is CC(C)(C)OC(=O)N1CC2(CNC(=O)c3c2[nH]c2c3CCc3cnc(Cl)cc3-2)C1.CN1CC2(CNC(=O)c3c4c(n(C)c32)-c2cc(-c3cccc(Cl)c3)ncc2CC4)C1. The van der Waals surface area contributed by atoms with Gasteiger partial charge in [0.05, 0.1) is 39.0 Å². The summed E-state index contributed by atoms with van der Waals surface area (Å²) in [7, 11) is 4.27. The summed E-state index contributed by atoms with van der Waals surface area (Å²) in [6.07, 6.45) is 6.86. The number of nitrogens with one attached hydrogen (secondary N) is 3. The lowest BCUT2D eigenvalue weighted by Gasteiger charge is -2.51. The number of aryl methyl sites for hydroxylation is 2. The molecule has 0 saturated carbocycles. The number of nitrogens with zero attached hydrogens (tertiary/aromatic N) is 5. The molecule has 2 fully saturated rings. The number of likely N-dealkylation sites (tertiary alicyclic amines) is 2. The van der Waals surface area contributed by atoms with Crippen molar-refractivity contribution in [1.82, 2.24) is 40.0 Å². The van der Waals surface area contributed by atoms with Gasteiger partial charge in [-0.2, -0.15) is 0 Å². The van der Waals surface area contributed by atoms with Crippen molar-refractivity contribution in [2.24, 2.45) is 7.05 Å². The number of aromatic nitrogens is 4. The Balaban J connectivity index is 0.000000143. The predicted octanol–water partition coefficient (Wildman–Crippen LogP) is 6.49. The minimum absolute atomic E-state index is 0.0209. The molecule has 304 valence electrons. The lowest BCUT2D eigenvalue weighted by atomic mass is 9.72. The maximum atomic E-state index is 13.0. The first-order valence-corrected chi connectivity index (χ1v) is 21.0. The first-order valence-electron chi connectivity index (χ1n) is 20.2. The Morgan fingerprint density at radius 3 is 2.20 bits per heavy atom. The molecule has 2 spiro atoms. The second-order valence-electron chi connectivity index (χ2n) is 18.2. The highest BCUT2D eigenvalue weighted by Gasteiger charge is 2.54. The fourth-order valence-corrected chi connectivity index (χ4v) is 10.8. The van der Waals surface area contributed by atoms with Crippen molar-refractivity contribution in [1.29, 1.82) is 0 Å². The molecule has 3 amide bonds. The van der Waals surface area contributed by atoms with Crippen molar-refractivity contribution in [3.8, 4) is 33.8 Å². The first kappa shape index (κ1) is 38.1. The number of amides is 3. The Hall–Kier alpha value is -5.17. The number of hydrogen-bond donors (Lipinski definition) is 3. The maximum Gasteiger partial charge on any atom is 0.410 e. The second-order valence-corrected chi connectivity index (χ2v) is 19.0. The molecule has 0 radical (unpaired) electrons. The van der Waals surface area contributed by atoms with Crippen LogP contribution in [0.2, 0.25) is 10.2 Å². The average Bonchev–Trinajstić information content (AvgIpc) is 3.72. The van der Waals surface area contributed by atoms with E-state index in [2.05, 4.69) is 50.2 Å². The average molecular weight is 834 g/mol. The summed E-state index contributed by atoms with van der Waals surface area (Å²) in [5, 5.41) is 7.35. The lowest BCUT2D eigenvalue weighted by molar-refractivity contribution is -0.0113. The zero-order chi connectivity index (χ0) is 41.2. The van der Waals surface area contributed by atoms with Gasteiger partial charge in [-0.15, -0.1) is 0 Å². The summed E-state index contributed by atoms with van der Waals surface area (Å²) in [5.74, 6) is 0.0250. The van der Waals surface area contributed by atoms with Gasteiger partial charge in [-0.3, -0.25) is 14.6 Å². The third-order valence-corrected chi connectivity index (χ3v) is 13.4. The van der Waals surface area contributed by atoms with E-state index in [1.165, 1.54) is 28.1 Å². The smallest absolute Gasteiger partial charge is 0.410 e. The van der Waals surface area contributed by atoms with Crippen LogP contribution in [0.1, 0.15) is 75.1 Å². The highest BCUT2D eigenvalue weighted by molar-refractivity contribution is 6.31. The van der Waals surface area contributed by atoms with Crippen molar-refractivity contribution in [2.45, 2.75) is 62.9 Å². The highest BCUT2D eigenvalue weighted by Crippen LogP contribution is 2.48. The van der Waals surface area contributed by atoms with Gasteiger partial charge in [0.25, 0.3) is 11.8 Å². The number of aromatic amines is 1. The molecular weight excluding hydrogens is 787 g/mol. The van der Waals surface area contributed by atoms with E-state index in [1.54, 1.807) is 4.90 Å². The van der Waals surface area contributed by atoms with Gasteiger partial charge in [0.1, 0.15) is 10.8 Å². The molecule has 2 aliphatic carbocycles. The van der Waals surface area contributed by atoms with Gasteiger partial charge >= 0.3 is 6.09 Å². The largest absolute Gasteiger partial charge is 0.444 e. The molecule has 0 unspecified atom stereocenters. The normalized spacial score (nSPS) is 19.0. The van der Waals surface area contributed by atoms with Gasteiger partial charge in [0.15, 0.2) is 0 Å². The van der Waals surface area contributed by atoms with Crippen LogP contribution in [0.4, 0.5) is 4.79 Å². The van der Waals surface area contributed by atoms with Crippen LogP contribution in [0, 0.1) is 0 Å². The molecule has 0 atom stereocenters. The number of ether oxygens (including phenoxy) is 1. The van der Waals surface area contributed by atoms with Gasteiger partial charge in [-0.25, -0.2) is 9.78 Å². The third kappa shape index (κ3) is 6.08. The molecule has 0 bridgehead atoms. The fourth-order valence-electron chi connectivity index (χ4n) is 10.5. The van der Waals surface area contributed by atoms with Crippen LogP contribution in [-0.4, -0.2) is 99.1 Å². The maximum absolute atomic E-state index is 13.0. The Kier molecular flexibility index (Phi) is 8.66. The van der Waals surface area contributed by atoms with Crippen molar-refractivity contribution in [3.63, 3.8) is 0 Å². The van der Waals surface area contributed by atoms with E-state index in [4.69, 9.17) is 32.9 Å². The Bertz CT molecular complexity index is 2630. The summed E-state index contributed by atoms with van der Waals surface area (Å²) in [4.78, 5) is 54.6. The van der Waals surface area contributed by atoms with Crippen LogP contribution in [0.3, 0.4) is 0 Å². The first-order chi connectivity index (χ1) is 28.1. The summed E-state index contributed by atoms with van der Waals surface area (Å²) >= 11 is 12.4. The summed E-state index contributed by atoms with van der Waals surface area (Å²) in [5.41, 5.74) is 13.8. The standard InChI is InChI=1S/C24H23ClN4O.C21H23ClN4O3/c1-28-12-24(13-28)11-27-23(30)20-17-7-6-15-10-26-19(14-4-3-5-16(25)8-14)9-18(15)21(17)29(2)22(20)24;1-20(2,3)29-19(28)26-9-21(10-26)8-24-18(27)15-12-5-4-11-7-23-14(22)6-13(11)16(12)25-17(15)21/h3-5,8-10H,6-7,11-13H2,1-2H3,(H,27,30);6-7,25H,4-5,8-10H2,1-3H3,(H,24,27). The van der Waals surface area contributed by atoms with Crippen LogP contribution in [0.5, 0.6) is 0 Å². The molecule has 59 heavy (non-hydrogen) atoms. The van der Waals surface area contributed by atoms with E-state index < -0.39 is 5.60 Å². The van der Waals surface area contributed by atoms with Crippen LogP contribution in [-0.2, 0) is 48.3 Å². The van der Waals surface area contributed by atoms with Gasteiger partial charge in [-0.05, 0) is 100 Å². The minimum Gasteiger partial charge on any atom is -0.444 e. The van der Waals surface area contributed by atoms with Crippen LogP contribution >= 0.6 is 23.2 Å². The fraction of sp³-hybridized carbons (Fsp3) is 0.400. The van der Waals surface area contributed by atoms with Crippen LogP contribution < -0.4 is 10.6 Å². The molecule has 1 aromatic carbocycles. The number of H-pyrrole nitrogens is 1. The molecule has 2 saturated heterocycles. The van der Waals surface area contributed by atoms with Crippen molar-refractivity contribution in [2.75, 3.05) is 46.3 Å². The second kappa shape index (κ2) is 13.4. The zero-order valence-electron chi connectivity index (χ0n) is 33.8. The van der Waals surface area contributed by atoms with E-state index in [1.807, 2.05) is 63.5 Å². The molecule has 8 heterocycles. The van der Waals surface area contributed by atoms with E-state index in [-0.39, 0.29) is 28.7 Å². The number of carbonyl (C=O) groups excluding carboxylic acids is 3. The number of fused-ring (bicyclic) bond motifs is 12. The summed E-state index contributed by atoms with van der Waals surface area (Å²) in [6.45, 7) is 9.78. The molecule has 14 heteroatoms. The Morgan fingerprint density at radius 1 is 0.814 bits per heavy atom. The monoisotopic (exact) mass is 832 g/mol. The molecule has 12 nitrogen and oxygen atoms in total. The van der Waals surface area contributed by atoms with Gasteiger partial charge < -0.3 is 34.7 Å². The molecule has 5 aromatic rings. The molecule has 3 N–H and O–H groups in total. The quantitative estimate of drug-likeness (QED) is 0.164. The Labute approximate surface area is 352 Å². The third-order valence-electron chi connectivity index (χ3n) is 12.9. The van der Waals surface area contributed by atoms with Gasteiger partial charge in [0.2, 0.25) is 0 Å². The van der Waals surface area contributed by atoms with Crippen LogP contribution in [0.15, 0.2) is 48.8 Å². The molecule has 11 rings (SSSR count). The number of halogens is 2. The Morgan fingerprint density at radius 2 is 1.49 bits per heavy atom. The van der Waals surface area contributed by atoms with E-state index in [9.17, 15) is 14.4 Å². The molecular formula is C45H46Cl2N8O4. The van der Waals surface area contributed by atoms with E-state index in [0.717, 1.165) is 95.8 Å². The van der Waals surface area contributed by atoms with Gasteiger partial charge in [0, 0.05) is 91.8 Å². The molecule has 4 aliphatic heterocycles. The predicted molar refractivity (Wildman–Crippen MR) is 226 cm³/mol.